The number of ether oxygens (including phenoxy) is 1. The second-order valence-corrected chi connectivity index (χ2v) is 5.34. The molecular weight excluding hydrogens is 208 g/mol. The minimum Gasteiger partial charge on any atom is -0.496 e. The summed E-state index contributed by atoms with van der Waals surface area (Å²) in [7, 11) is 1.65. The Morgan fingerprint density at radius 3 is 2.80 bits per heavy atom. The van der Waals surface area contributed by atoms with Crippen LogP contribution in [0.15, 0.2) is 24.3 Å². The molecular formula is C12H16O2S. The highest BCUT2D eigenvalue weighted by molar-refractivity contribution is 8.00. The van der Waals surface area contributed by atoms with Gasteiger partial charge in [-0.15, -0.1) is 0 Å². The summed E-state index contributed by atoms with van der Waals surface area (Å²) in [6.45, 7) is 2.07. The first-order valence-electron chi connectivity index (χ1n) is 5.16. The maximum atomic E-state index is 10.6. The van der Waals surface area contributed by atoms with E-state index in [0.717, 1.165) is 23.5 Å². The summed E-state index contributed by atoms with van der Waals surface area (Å²) in [5, 5.41) is 10.9. The Labute approximate surface area is 94.6 Å². The minimum atomic E-state index is -0.725. The summed E-state index contributed by atoms with van der Waals surface area (Å²) in [5.41, 5.74) is 0.196. The number of aliphatic hydroxyl groups is 1. The van der Waals surface area contributed by atoms with Crippen molar-refractivity contribution in [1.29, 1.82) is 0 Å². The van der Waals surface area contributed by atoms with E-state index < -0.39 is 5.60 Å². The first-order chi connectivity index (χ1) is 7.18. The first kappa shape index (κ1) is 10.8. The molecule has 0 bridgehead atoms. The summed E-state index contributed by atoms with van der Waals surface area (Å²) in [6.07, 6.45) is 0.805. The Kier molecular flexibility index (Phi) is 2.94. The third-order valence-corrected chi connectivity index (χ3v) is 4.43. The molecule has 2 atom stereocenters. The van der Waals surface area contributed by atoms with Crippen molar-refractivity contribution >= 4 is 11.8 Å². The van der Waals surface area contributed by atoms with Gasteiger partial charge in [-0.1, -0.05) is 25.1 Å². The van der Waals surface area contributed by atoms with Crippen molar-refractivity contribution in [2.24, 2.45) is 0 Å². The largest absolute Gasteiger partial charge is 0.496 e. The lowest BCUT2D eigenvalue weighted by Gasteiger charge is -2.28. The number of rotatable bonds is 2. The SMILES string of the molecule is COc1ccccc1[C@]1(O)CCS[C@H]1C. The van der Waals surface area contributed by atoms with Crippen LogP contribution in [0.1, 0.15) is 18.9 Å². The Hall–Kier alpha value is -0.670. The Bertz CT molecular complexity index is 353. The Morgan fingerprint density at radius 1 is 1.47 bits per heavy atom. The molecule has 1 heterocycles. The molecule has 1 aromatic carbocycles. The number of hydrogen-bond acceptors (Lipinski definition) is 3. The fourth-order valence-corrected chi connectivity index (χ4v) is 3.39. The highest BCUT2D eigenvalue weighted by Crippen LogP contribution is 2.45. The molecule has 0 amide bonds. The zero-order valence-electron chi connectivity index (χ0n) is 9.06. The van der Waals surface area contributed by atoms with Crippen molar-refractivity contribution in [1.82, 2.24) is 0 Å². The van der Waals surface area contributed by atoms with Crippen LogP contribution in [0.5, 0.6) is 5.75 Å². The van der Waals surface area contributed by atoms with E-state index >= 15 is 0 Å². The second kappa shape index (κ2) is 4.06. The van der Waals surface area contributed by atoms with E-state index in [0.29, 0.717) is 0 Å². The van der Waals surface area contributed by atoms with E-state index in [2.05, 4.69) is 6.92 Å². The molecule has 0 radical (unpaired) electrons. The normalized spacial score (nSPS) is 30.5. The molecule has 0 aliphatic carbocycles. The molecule has 1 aromatic rings. The van der Waals surface area contributed by atoms with Crippen molar-refractivity contribution in [3.8, 4) is 5.75 Å². The number of thioether (sulfide) groups is 1. The van der Waals surface area contributed by atoms with E-state index in [4.69, 9.17) is 4.74 Å². The van der Waals surface area contributed by atoms with Gasteiger partial charge >= 0.3 is 0 Å². The van der Waals surface area contributed by atoms with Crippen molar-refractivity contribution in [3.63, 3.8) is 0 Å². The highest BCUT2D eigenvalue weighted by Gasteiger charge is 2.42. The van der Waals surface area contributed by atoms with Gasteiger partial charge in [-0.2, -0.15) is 11.8 Å². The van der Waals surface area contributed by atoms with E-state index in [1.54, 1.807) is 7.11 Å². The lowest BCUT2D eigenvalue weighted by molar-refractivity contribution is 0.0402. The highest BCUT2D eigenvalue weighted by atomic mass is 32.2. The second-order valence-electron chi connectivity index (χ2n) is 3.89. The molecule has 0 spiro atoms. The average molecular weight is 224 g/mol. The van der Waals surface area contributed by atoms with E-state index in [1.165, 1.54) is 0 Å². The summed E-state index contributed by atoms with van der Waals surface area (Å²) in [5.74, 6) is 1.80. The number of methoxy groups -OCH3 is 1. The molecule has 15 heavy (non-hydrogen) atoms. The van der Waals surface area contributed by atoms with Crippen LogP contribution in [0.2, 0.25) is 0 Å². The third kappa shape index (κ3) is 1.74. The molecule has 2 rings (SSSR count). The van der Waals surface area contributed by atoms with Gasteiger partial charge in [0.1, 0.15) is 11.4 Å². The van der Waals surface area contributed by atoms with Crippen LogP contribution >= 0.6 is 11.8 Å². The number of hydrogen-bond donors (Lipinski definition) is 1. The molecule has 0 unspecified atom stereocenters. The fourth-order valence-electron chi connectivity index (χ4n) is 2.09. The van der Waals surface area contributed by atoms with Crippen LogP contribution in [0.25, 0.3) is 0 Å². The molecule has 0 aromatic heterocycles. The van der Waals surface area contributed by atoms with Crippen LogP contribution in [0, 0.1) is 0 Å². The molecule has 1 N–H and O–H groups in total. The smallest absolute Gasteiger partial charge is 0.124 e. The zero-order chi connectivity index (χ0) is 10.9. The summed E-state index contributed by atoms with van der Waals surface area (Å²) in [6, 6.07) is 7.74. The van der Waals surface area contributed by atoms with Gasteiger partial charge in [0.2, 0.25) is 0 Å². The van der Waals surface area contributed by atoms with Gasteiger partial charge in [0.15, 0.2) is 0 Å². The predicted octanol–water partition coefficient (Wildman–Crippen LogP) is 2.41. The van der Waals surface area contributed by atoms with E-state index in [1.807, 2.05) is 36.0 Å². The van der Waals surface area contributed by atoms with Gasteiger partial charge in [0.05, 0.1) is 7.11 Å². The number of benzene rings is 1. The Morgan fingerprint density at radius 2 is 2.20 bits per heavy atom. The average Bonchev–Trinajstić information content (AvgIpc) is 2.60. The van der Waals surface area contributed by atoms with Crippen LogP contribution in [-0.2, 0) is 5.60 Å². The summed E-state index contributed by atoms with van der Waals surface area (Å²) < 4.78 is 5.30. The standard InChI is InChI=1S/C12H16O2S/c1-9-12(13,7-8-15-9)10-5-3-4-6-11(10)14-2/h3-6,9,13H,7-8H2,1-2H3/t9-,12-/m0/s1. The third-order valence-electron chi connectivity index (χ3n) is 3.10. The van der Waals surface area contributed by atoms with Crippen molar-refractivity contribution in [2.45, 2.75) is 24.2 Å². The quantitative estimate of drug-likeness (QED) is 0.836. The van der Waals surface area contributed by atoms with Crippen LogP contribution in [0.4, 0.5) is 0 Å². The van der Waals surface area contributed by atoms with E-state index in [9.17, 15) is 5.11 Å². The van der Waals surface area contributed by atoms with Crippen LogP contribution in [-0.4, -0.2) is 23.2 Å². The monoisotopic (exact) mass is 224 g/mol. The molecule has 3 heteroatoms. The van der Waals surface area contributed by atoms with Gasteiger partial charge < -0.3 is 9.84 Å². The minimum absolute atomic E-state index is 0.230. The van der Waals surface area contributed by atoms with Crippen molar-refractivity contribution in [2.75, 3.05) is 12.9 Å². The maximum Gasteiger partial charge on any atom is 0.124 e. The first-order valence-corrected chi connectivity index (χ1v) is 6.21. The van der Waals surface area contributed by atoms with Gasteiger partial charge in [-0.25, -0.2) is 0 Å². The van der Waals surface area contributed by atoms with Crippen molar-refractivity contribution in [3.05, 3.63) is 29.8 Å². The zero-order valence-corrected chi connectivity index (χ0v) is 9.88. The predicted molar refractivity (Wildman–Crippen MR) is 63.4 cm³/mol. The molecule has 1 saturated heterocycles. The van der Waals surface area contributed by atoms with Crippen LogP contribution in [0.3, 0.4) is 0 Å². The van der Waals surface area contributed by atoms with Gasteiger partial charge in [0, 0.05) is 10.8 Å². The molecule has 0 saturated carbocycles. The van der Waals surface area contributed by atoms with E-state index in [-0.39, 0.29) is 5.25 Å². The van der Waals surface area contributed by atoms with Crippen LogP contribution < -0.4 is 4.74 Å². The van der Waals surface area contributed by atoms with Crippen molar-refractivity contribution < 1.29 is 9.84 Å². The van der Waals surface area contributed by atoms with Gasteiger partial charge in [-0.05, 0) is 18.2 Å². The van der Waals surface area contributed by atoms with Gasteiger partial charge in [0.25, 0.3) is 0 Å². The topological polar surface area (TPSA) is 29.5 Å². The van der Waals surface area contributed by atoms with Gasteiger partial charge in [-0.3, -0.25) is 0 Å². The summed E-state index contributed by atoms with van der Waals surface area (Å²) >= 11 is 1.81. The lowest BCUT2D eigenvalue weighted by atomic mass is 9.88. The molecule has 82 valence electrons. The molecule has 1 aliphatic heterocycles. The fraction of sp³-hybridized carbons (Fsp3) is 0.500. The molecule has 1 fully saturated rings. The molecule has 1 aliphatic rings. The lowest BCUT2D eigenvalue weighted by Crippen LogP contribution is -2.31. The number of para-hydroxylation sites is 1. The molecule has 2 nitrogen and oxygen atoms in total. The maximum absolute atomic E-state index is 10.6. The Balaban J connectivity index is 2.43. The summed E-state index contributed by atoms with van der Waals surface area (Å²) in [4.78, 5) is 0.